The lowest BCUT2D eigenvalue weighted by atomic mass is 9.98. The Bertz CT molecular complexity index is 1190. The topological polar surface area (TPSA) is 79.7 Å². The molecule has 0 saturated carbocycles. The van der Waals surface area contributed by atoms with E-state index in [1.165, 1.54) is 0 Å². The third-order valence-corrected chi connectivity index (χ3v) is 5.86. The predicted molar refractivity (Wildman–Crippen MR) is 117 cm³/mol. The van der Waals surface area contributed by atoms with E-state index >= 15 is 0 Å². The number of nitrogens with one attached hydrogen (secondary N) is 1. The number of methoxy groups -OCH3 is 1. The van der Waals surface area contributed by atoms with Crippen LogP contribution in [-0.4, -0.2) is 53.7 Å². The van der Waals surface area contributed by atoms with E-state index in [4.69, 9.17) is 4.74 Å². The first-order valence-electron chi connectivity index (χ1n) is 10.2. The number of rotatable bonds is 4. The highest BCUT2D eigenvalue weighted by atomic mass is 16.5. The predicted octanol–water partition coefficient (Wildman–Crippen LogP) is 2.92. The summed E-state index contributed by atoms with van der Waals surface area (Å²) < 4.78 is 7.16. The molecule has 2 aromatic carbocycles. The summed E-state index contributed by atoms with van der Waals surface area (Å²) in [6.45, 7) is 2.24. The molecular weight excluding hydrogens is 394 g/mol. The Morgan fingerprint density at radius 2 is 1.94 bits per heavy atom. The number of anilines is 3. The monoisotopic (exact) mass is 417 g/mol. The van der Waals surface area contributed by atoms with Crippen LogP contribution in [0.1, 0.15) is 26.3 Å². The molecule has 0 spiro atoms. The number of nitrogens with zero attached hydrogens (tertiary/aromatic N) is 4. The van der Waals surface area contributed by atoms with Gasteiger partial charge >= 0.3 is 0 Å². The van der Waals surface area contributed by atoms with Gasteiger partial charge in [0.25, 0.3) is 11.8 Å². The molecule has 2 aliphatic rings. The Hall–Kier alpha value is -3.81. The Morgan fingerprint density at radius 1 is 1.10 bits per heavy atom. The van der Waals surface area contributed by atoms with Crippen molar-refractivity contribution in [3.05, 3.63) is 65.2 Å². The van der Waals surface area contributed by atoms with Crippen molar-refractivity contribution in [2.75, 3.05) is 37.5 Å². The van der Waals surface area contributed by atoms with Gasteiger partial charge in [-0.3, -0.25) is 9.59 Å². The minimum Gasteiger partial charge on any atom is -0.496 e. The second-order valence-corrected chi connectivity index (χ2v) is 7.74. The van der Waals surface area contributed by atoms with Crippen molar-refractivity contribution in [3.8, 4) is 5.75 Å². The molecular formula is C23H23N5O3. The highest BCUT2D eigenvalue weighted by Crippen LogP contribution is 2.34. The van der Waals surface area contributed by atoms with Crippen LogP contribution in [0.5, 0.6) is 5.75 Å². The number of para-hydroxylation sites is 1. The number of ether oxygens (including phenoxy) is 1. The number of benzene rings is 2. The number of hydrogen-bond donors (Lipinski definition) is 1. The third kappa shape index (κ3) is 3.30. The fourth-order valence-corrected chi connectivity index (χ4v) is 4.20. The second kappa shape index (κ2) is 7.46. The highest BCUT2D eigenvalue weighted by molar-refractivity contribution is 6.06. The van der Waals surface area contributed by atoms with Gasteiger partial charge in [0.05, 0.1) is 19.2 Å². The highest BCUT2D eigenvalue weighted by Gasteiger charge is 2.27. The van der Waals surface area contributed by atoms with E-state index in [-0.39, 0.29) is 11.8 Å². The summed E-state index contributed by atoms with van der Waals surface area (Å²) in [6, 6.07) is 14.9. The maximum absolute atomic E-state index is 12.7. The fourth-order valence-electron chi connectivity index (χ4n) is 4.20. The van der Waals surface area contributed by atoms with Gasteiger partial charge < -0.3 is 19.9 Å². The van der Waals surface area contributed by atoms with Gasteiger partial charge in [-0.1, -0.05) is 12.1 Å². The van der Waals surface area contributed by atoms with Crippen LogP contribution in [0.3, 0.4) is 0 Å². The Kier molecular flexibility index (Phi) is 4.62. The van der Waals surface area contributed by atoms with Crippen LogP contribution in [-0.2, 0) is 13.0 Å². The van der Waals surface area contributed by atoms with Gasteiger partial charge in [-0.05, 0) is 42.3 Å². The maximum Gasteiger partial charge on any atom is 0.260 e. The van der Waals surface area contributed by atoms with Crippen molar-refractivity contribution in [1.82, 2.24) is 14.7 Å². The average Bonchev–Trinajstić information content (AvgIpc) is 3.36. The van der Waals surface area contributed by atoms with E-state index in [1.54, 1.807) is 30.2 Å². The van der Waals surface area contributed by atoms with Crippen molar-refractivity contribution >= 4 is 29.1 Å². The lowest BCUT2D eigenvalue weighted by Gasteiger charge is -2.26. The van der Waals surface area contributed by atoms with Gasteiger partial charge in [-0.15, -0.1) is 0 Å². The quantitative estimate of drug-likeness (QED) is 0.706. The average molecular weight is 417 g/mol. The summed E-state index contributed by atoms with van der Waals surface area (Å²) in [5.41, 5.74) is 3.33. The largest absolute Gasteiger partial charge is 0.496 e. The van der Waals surface area contributed by atoms with Crippen LogP contribution in [0.4, 0.5) is 17.3 Å². The minimum atomic E-state index is -0.266. The van der Waals surface area contributed by atoms with Crippen molar-refractivity contribution in [2.45, 2.75) is 13.0 Å². The molecule has 3 aromatic rings. The van der Waals surface area contributed by atoms with Crippen LogP contribution < -0.4 is 15.0 Å². The molecule has 0 unspecified atom stereocenters. The van der Waals surface area contributed by atoms with E-state index in [1.807, 2.05) is 36.0 Å². The molecule has 0 fully saturated rings. The molecule has 3 heterocycles. The van der Waals surface area contributed by atoms with Gasteiger partial charge in [-0.2, -0.15) is 5.10 Å². The smallest absolute Gasteiger partial charge is 0.260 e. The molecule has 2 aliphatic heterocycles. The lowest BCUT2D eigenvalue weighted by molar-refractivity contribution is 0.0780. The molecule has 5 rings (SSSR count). The molecule has 1 N–H and O–H groups in total. The van der Waals surface area contributed by atoms with Crippen molar-refractivity contribution < 1.29 is 14.3 Å². The molecule has 0 atom stereocenters. The molecule has 0 bridgehead atoms. The molecule has 8 heteroatoms. The summed E-state index contributed by atoms with van der Waals surface area (Å²) in [6.07, 6.45) is 0.846. The molecule has 31 heavy (non-hydrogen) atoms. The summed E-state index contributed by atoms with van der Waals surface area (Å²) in [5.74, 6) is 1.72. The van der Waals surface area contributed by atoms with E-state index in [2.05, 4.69) is 21.4 Å². The molecule has 1 aromatic heterocycles. The summed E-state index contributed by atoms with van der Waals surface area (Å²) >= 11 is 0. The van der Waals surface area contributed by atoms with E-state index < -0.39 is 0 Å². The zero-order chi connectivity index (χ0) is 21.5. The molecule has 158 valence electrons. The van der Waals surface area contributed by atoms with E-state index in [0.29, 0.717) is 17.1 Å². The van der Waals surface area contributed by atoms with Gasteiger partial charge in [-0.25, -0.2) is 4.68 Å². The number of carbonyl (C=O) groups excluding carboxylic acids is 2. The van der Waals surface area contributed by atoms with Crippen LogP contribution in [0.15, 0.2) is 48.5 Å². The number of likely N-dealkylation sites (N-methyl/N-ethyl adjacent to an activating group) is 1. The van der Waals surface area contributed by atoms with Crippen LogP contribution >= 0.6 is 0 Å². The lowest BCUT2D eigenvalue weighted by Crippen LogP contribution is -2.34. The number of aromatic nitrogens is 2. The molecule has 0 aliphatic carbocycles. The number of amides is 2. The first kappa shape index (κ1) is 19.2. The first-order chi connectivity index (χ1) is 15.0. The first-order valence-corrected chi connectivity index (χ1v) is 10.2. The minimum absolute atomic E-state index is 0.0700. The molecule has 0 radical (unpaired) electrons. The third-order valence-electron chi connectivity index (χ3n) is 5.86. The maximum atomic E-state index is 12.7. The molecule has 2 amide bonds. The second-order valence-electron chi connectivity index (χ2n) is 7.74. The fraction of sp³-hybridized carbons (Fsp3) is 0.261. The van der Waals surface area contributed by atoms with Gasteiger partial charge in [0, 0.05) is 37.5 Å². The summed E-state index contributed by atoms with van der Waals surface area (Å²) in [5, 5.41) is 7.41. The SMILES string of the molecule is COc1ccccc1C(=O)Nc1cc2n(n1)CCN2c1ccc2c(c1)CCN(C)C2=O. The van der Waals surface area contributed by atoms with Crippen LogP contribution in [0.2, 0.25) is 0 Å². The van der Waals surface area contributed by atoms with Gasteiger partial charge in [0.2, 0.25) is 0 Å². The normalized spacial score (nSPS) is 15.0. The van der Waals surface area contributed by atoms with Crippen LogP contribution in [0.25, 0.3) is 0 Å². The number of hydrogen-bond acceptors (Lipinski definition) is 5. The molecule has 0 saturated heterocycles. The zero-order valence-electron chi connectivity index (χ0n) is 17.5. The number of fused-ring (bicyclic) bond motifs is 2. The zero-order valence-corrected chi connectivity index (χ0v) is 17.5. The van der Waals surface area contributed by atoms with Crippen LogP contribution in [0, 0.1) is 0 Å². The number of carbonyl (C=O) groups is 2. The summed E-state index contributed by atoms with van der Waals surface area (Å²) in [7, 11) is 3.37. The summed E-state index contributed by atoms with van der Waals surface area (Å²) in [4.78, 5) is 29.0. The van der Waals surface area contributed by atoms with E-state index in [0.717, 1.165) is 48.7 Å². The van der Waals surface area contributed by atoms with Gasteiger partial charge in [0.15, 0.2) is 5.82 Å². The van der Waals surface area contributed by atoms with E-state index in [9.17, 15) is 9.59 Å². The van der Waals surface area contributed by atoms with Crippen molar-refractivity contribution in [3.63, 3.8) is 0 Å². The van der Waals surface area contributed by atoms with Crippen molar-refractivity contribution in [2.24, 2.45) is 0 Å². The van der Waals surface area contributed by atoms with Gasteiger partial charge in [0.1, 0.15) is 11.6 Å². The van der Waals surface area contributed by atoms with Crippen molar-refractivity contribution in [1.29, 1.82) is 0 Å². The Balaban J connectivity index is 1.39. The Morgan fingerprint density at radius 3 is 2.77 bits per heavy atom. The standard InChI is InChI=1S/C23H23N5O3/c1-26-10-9-15-13-16(7-8-17(15)23(26)30)27-11-12-28-21(27)14-20(25-28)24-22(29)18-5-3-4-6-19(18)31-2/h3-8,13-14H,9-12H2,1-2H3,(H,24,25,29). The molecule has 8 nitrogen and oxygen atoms in total. The Labute approximate surface area is 180 Å².